The molecule has 2 aromatic rings. The Morgan fingerprint density at radius 2 is 1.93 bits per heavy atom. The Bertz CT molecular complexity index is 931. The lowest BCUT2D eigenvalue weighted by atomic mass is 9.97. The van der Waals surface area contributed by atoms with Crippen molar-refractivity contribution in [1.29, 1.82) is 0 Å². The van der Waals surface area contributed by atoms with E-state index in [9.17, 15) is 10.1 Å². The van der Waals surface area contributed by atoms with Gasteiger partial charge in [-0.05, 0) is 49.8 Å². The molecule has 1 aromatic heterocycles. The number of aromatic nitrogens is 2. The topological polar surface area (TPSA) is 111 Å². The molecule has 29 heavy (non-hydrogen) atoms. The second-order valence-electron chi connectivity index (χ2n) is 7.00. The maximum Gasteiger partial charge on any atom is 0.353 e. The van der Waals surface area contributed by atoms with Crippen molar-refractivity contribution in [3.05, 3.63) is 51.9 Å². The number of fused-ring (bicyclic) bond motifs is 1. The van der Waals surface area contributed by atoms with Crippen LogP contribution in [-0.4, -0.2) is 28.2 Å². The zero-order valence-electron chi connectivity index (χ0n) is 16.0. The van der Waals surface area contributed by atoms with Crippen LogP contribution in [0.15, 0.2) is 36.2 Å². The first-order chi connectivity index (χ1) is 14.2. The lowest BCUT2D eigenvalue weighted by Gasteiger charge is -2.14. The lowest BCUT2D eigenvalue weighted by Crippen LogP contribution is -2.11. The Labute approximate surface area is 168 Å². The van der Waals surface area contributed by atoms with Gasteiger partial charge in [-0.15, -0.1) is 0 Å². The maximum absolute atomic E-state index is 11.7. The third kappa shape index (κ3) is 4.56. The van der Waals surface area contributed by atoms with Gasteiger partial charge in [0, 0.05) is 13.1 Å². The summed E-state index contributed by atoms with van der Waals surface area (Å²) in [6, 6.07) is 5.55. The monoisotopic (exact) mass is 397 g/mol. The molecule has 1 aliphatic heterocycles. The highest BCUT2D eigenvalue weighted by molar-refractivity contribution is 5.69. The van der Waals surface area contributed by atoms with Crippen molar-refractivity contribution in [3.63, 3.8) is 0 Å². The number of benzene rings is 1. The van der Waals surface area contributed by atoms with E-state index >= 15 is 0 Å². The molecule has 0 atom stereocenters. The summed E-state index contributed by atoms with van der Waals surface area (Å²) in [6.45, 7) is 1.17. The van der Waals surface area contributed by atoms with Crippen LogP contribution in [0, 0.1) is 10.1 Å². The van der Waals surface area contributed by atoms with Crippen LogP contribution in [-0.2, 0) is 6.54 Å². The summed E-state index contributed by atoms with van der Waals surface area (Å²) in [6.07, 6.45) is 9.16. The van der Waals surface area contributed by atoms with Crippen molar-refractivity contribution in [2.75, 3.05) is 24.0 Å². The molecule has 1 aliphatic carbocycles. The van der Waals surface area contributed by atoms with Gasteiger partial charge in [-0.25, -0.2) is 9.97 Å². The molecule has 0 radical (unpaired) electrons. The largest absolute Gasteiger partial charge is 0.454 e. The minimum absolute atomic E-state index is 0.147. The molecule has 0 unspecified atom stereocenters. The van der Waals surface area contributed by atoms with Crippen molar-refractivity contribution >= 4 is 17.3 Å². The first-order valence-corrected chi connectivity index (χ1v) is 9.74. The maximum atomic E-state index is 11.7. The molecule has 0 saturated heterocycles. The van der Waals surface area contributed by atoms with Crippen molar-refractivity contribution in [2.45, 2.75) is 38.6 Å². The molecule has 2 N–H and O–H groups in total. The van der Waals surface area contributed by atoms with Crippen LogP contribution in [0.1, 0.15) is 37.7 Å². The van der Waals surface area contributed by atoms with Gasteiger partial charge >= 0.3 is 5.69 Å². The van der Waals surface area contributed by atoms with Crippen LogP contribution in [0.2, 0.25) is 0 Å². The highest BCUT2D eigenvalue weighted by atomic mass is 16.7. The molecule has 9 nitrogen and oxygen atoms in total. The first kappa shape index (κ1) is 19.0. The summed E-state index contributed by atoms with van der Waals surface area (Å²) in [5.74, 6) is 1.78. The molecule has 2 aliphatic rings. The van der Waals surface area contributed by atoms with Gasteiger partial charge in [0.2, 0.25) is 18.4 Å². The molecule has 0 spiro atoms. The molecule has 0 bridgehead atoms. The number of hydrogen-bond acceptors (Lipinski definition) is 8. The fourth-order valence-electron chi connectivity index (χ4n) is 3.52. The van der Waals surface area contributed by atoms with E-state index in [4.69, 9.17) is 9.47 Å². The molecule has 0 saturated carbocycles. The SMILES string of the molecule is O=[N+]([O-])c1c(NCCC2=CCCCC2)ncnc1NCc1ccc2c(c1)OCO2. The van der Waals surface area contributed by atoms with E-state index in [0.29, 0.717) is 24.6 Å². The predicted molar refractivity (Wildman–Crippen MR) is 108 cm³/mol. The van der Waals surface area contributed by atoms with Gasteiger partial charge in [0.15, 0.2) is 11.5 Å². The second-order valence-corrected chi connectivity index (χ2v) is 7.00. The number of nitrogens with zero attached hydrogens (tertiary/aromatic N) is 3. The van der Waals surface area contributed by atoms with Crippen molar-refractivity contribution in [2.24, 2.45) is 0 Å². The van der Waals surface area contributed by atoms with Crippen molar-refractivity contribution < 1.29 is 14.4 Å². The van der Waals surface area contributed by atoms with Crippen LogP contribution in [0.5, 0.6) is 11.5 Å². The van der Waals surface area contributed by atoms with E-state index in [-0.39, 0.29) is 24.1 Å². The molecular weight excluding hydrogens is 374 g/mol. The van der Waals surface area contributed by atoms with E-state index in [2.05, 4.69) is 26.7 Å². The number of allylic oxidation sites excluding steroid dienone is 1. The summed E-state index contributed by atoms with van der Waals surface area (Å²) in [4.78, 5) is 19.4. The standard InChI is InChI=1S/C20H23N5O4/c26-25(27)18-19(21-9-8-14-4-2-1-3-5-14)23-12-24-20(18)22-11-15-6-7-16-17(10-15)29-13-28-16/h4,6-7,10,12H,1-3,5,8-9,11,13H2,(H2,21,22,23,24). The van der Waals surface area contributed by atoms with Gasteiger partial charge in [0.1, 0.15) is 6.33 Å². The number of anilines is 2. The molecule has 152 valence electrons. The number of ether oxygens (including phenoxy) is 2. The highest BCUT2D eigenvalue weighted by Crippen LogP contribution is 2.33. The Morgan fingerprint density at radius 1 is 1.10 bits per heavy atom. The van der Waals surface area contributed by atoms with E-state index in [0.717, 1.165) is 24.8 Å². The number of nitro groups is 1. The van der Waals surface area contributed by atoms with Gasteiger partial charge in [-0.2, -0.15) is 0 Å². The molecule has 1 aromatic carbocycles. The molecular formula is C20H23N5O4. The average Bonchev–Trinajstić information content (AvgIpc) is 3.21. The van der Waals surface area contributed by atoms with Crippen LogP contribution in [0.25, 0.3) is 0 Å². The summed E-state index contributed by atoms with van der Waals surface area (Å²) in [7, 11) is 0. The first-order valence-electron chi connectivity index (χ1n) is 9.74. The van der Waals surface area contributed by atoms with Gasteiger partial charge in [-0.3, -0.25) is 10.1 Å². The number of nitrogens with one attached hydrogen (secondary N) is 2. The number of rotatable bonds is 8. The quantitative estimate of drug-likeness (QED) is 0.390. The minimum Gasteiger partial charge on any atom is -0.454 e. The minimum atomic E-state index is -0.454. The van der Waals surface area contributed by atoms with Crippen molar-refractivity contribution in [1.82, 2.24) is 9.97 Å². The zero-order valence-corrected chi connectivity index (χ0v) is 16.0. The van der Waals surface area contributed by atoms with Gasteiger partial charge in [0.05, 0.1) is 4.92 Å². The fourth-order valence-corrected chi connectivity index (χ4v) is 3.52. The Kier molecular flexibility index (Phi) is 5.73. The molecule has 0 fully saturated rings. The lowest BCUT2D eigenvalue weighted by molar-refractivity contribution is -0.383. The fraction of sp³-hybridized carbons (Fsp3) is 0.400. The smallest absolute Gasteiger partial charge is 0.353 e. The third-order valence-electron chi connectivity index (χ3n) is 5.03. The van der Waals surface area contributed by atoms with E-state index in [1.54, 1.807) is 0 Å². The van der Waals surface area contributed by atoms with E-state index in [1.807, 2.05) is 18.2 Å². The summed E-state index contributed by atoms with van der Waals surface area (Å²) in [5.41, 5.74) is 2.16. The second kappa shape index (κ2) is 8.76. The van der Waals surface area contributed by atoms with Gasteiger partial charge in [0.25, 0.3) is 0 Å². The normalized spacial score (nSPS) is 15.0. The number of hydrogen-bond donors (Lipinski definition) is 2. The summed E-state index contributed by atoms with van der Waals surface area (Å²) in [5, 5.41) is 17.8. The predicted octanol–water partition coefficient (Wildman–Crippen LogP) is 4.03. The van der Waals surface area contributed by atoms with Crippen LogP contribution < -0.4 is 20.1 Å². The Hall–Kier alpha value is -3.36. The molecule has 4 rings (SSSR count). The van der Waals surface area contributed by atoms with Crippen LogP contribution in [0.4, 0.5) is 17.3 Å². The van der Waals surface area contributed by atoms with Crippen LogP contribution >= 0.6 is 0 Å². The third-order valence-corrected chi connectivity index (χ3v) is 5.03. The average molecular weight is 397 g/mol. The van der Waals surface area contributed by atoms with Gasteiger partial charge in [-0.1, -0.05) is 17.7 Å². The molecule has 0 amide bonds. The summed E-state index contributed by atoms with van der Waals surface area (Å²) >= 11 is 0. The molecule has 9 heteroatoms. The highest BCUT2D eigenvalue weighted by Gasteiger charge is 2.23. The molecule has 2 heterocycles. The Morgan fingerprint density at radius 3 is 2.72 bits per heavy atom. The van der Waals surface area contributed by atoms with Crippen LogP contribution in [0.3, 0.4) is 0 Å². The summed E-state index contributed by atoms with van der Waals surface area (Å²) < 4.78 is 10.7. The zero-order chi connectivity index (χ0) is 20.1. The van der Waals surface area contributed by atoms with E-state index in [1.165, 1.54) is 24.7 Å². The van der Waals surface area contributed by atoms with Gasteiger partial charge < -0.3 is 20.1 Å². The van der Waals surface area contributed by atoms with E-state index < -0.39 is 4.92 Å². The van der Waals surface area contributed by atoms with Crippen molar-refractivity contribution in [3.8, 4) is 11.5 Å². The Balaban J connectivity index is 1.43.